The van der Waals surface area contributed by atoms with Crippen molar-refractivity contribution in [3.63, 3.8) is 0 Å². The first-order chi connectivity index (χ1) is 13.0. The molecule has 142 valence electrons. The number of rotatable bonds is 8. The third kappa shape index (κ3) is 6.89. The topological polar surface area (TPSA) is 64.6 Å². The number of esters is 1. The van der Waals surface area contributed by atoms with E-state index in [-0.39, 0.29) is 11.7 Å². The minimum absolute atomic E-state index is 0.0455. The molecular weight excluding hydrogens is 356 g/mol. The number of hydrogen-bond donors (Lipinski definition) is 1. The molecule has 0 saturated heterocycles. The number of nitrogens with one attached hydrogen (secondary N) is 1. The Morgan fingerprint density at radius 3 is 2.33 bits per heavy atom. The van der Waals surface area contributed by atoms with Gasteiger partial charge in [0.05, 0.1) is 12.2 Å². The SMILES string of the molecule is CCCOC(=O)c1ccc(NC(=O)/C=C/c2ccc(OC(F)F)cc2)cc1. The van der Waals surface area contributed by atoms with Crippen molar-refractivity contribution in [3.05, 3.63) is 65.7 Å². The summed E-state index contributed by atoms with van der Waals surface area (Å²) in [4.78, 5) is 23.7. The Kier molecular flexibility index (Phi) is 7.49. The highest BCUT2D eigenvalue weighted by Crippen LogP contribution is 2.16. The first-order valence-corrected chi connectivity index (χ1v) is 8.29. The standard InChI is InChI=1S/C20H19F2NO4/c1-2-13-26-19(25)15-6-8-16(9-7-15)23-18(24)12-5-14-3-10-17(11-4-14)27-20(21)22/h3-12,20H,2,13H2,1H3,(H,23,24)/b12-5+. The van der Waals surface area contributed by atoms with Gasteiger partial charge in [0, 0.05) is 11.8 Å². The first kappa shape index (κ1) is 20.1. The molecule has 7 heteroatoms. The lowest BCUT2D eigenvalue weighted by Crippen LogP contribution is -2.09. The second-order valence-corrected chi connectivity index (χ2v) is 5.48. The Labute approximate surface area is 155 Å². The van der Waals surface area contributed by atoms with Gasteiger partial charge in [-0.3, -0.25) is 4.79 Å². The summed E-state index contributed by atoms with van der Waals surface area (Å²) in [5.41, 5.74) is 1.58. The predicted octanol–water partition coefficient (Wildman–Crippen LogP) is 4.51. The summed E-state index contributed by atoms with van der Waals surface area (Å²) >= 11 is 0. The lowest BCUT2D eigenvalue weighted by atomic mass is 10.2. The molecule has 0 aliphatic carbocycles. The Bertz CT molecular complexity index is 787. The van der Waals surface area contributed by atoms with Crippen LogP contribution in [0.1, 0.15) is 29.3 Å². The quantitative estimate of drug-likeness (QED) is 0.545. The highest BCUT2D eigenvalue weighted by molar-refractivity contribution is 6.02. The van der Waals surface area contributed by atoms with Crippen LogP contribution in [0.25, 0.3) is 6.08 Å². The van der Waals surface area contributed by atoms with Crippen LogP contribution in [0.2, 0.25) is 0 Å². The average Bonchev–Trinajstić information content (AvgIpc) is 2.65. The monoisotopic (exact) mass is 375 g/mol. The molecule has 0 heterocycles. The molecule has 27 heavy (non-hydrogen) atoms. The number of benzene rings is 2. The van der Waals surface area contributed by atoms with Gasteiger partial charge in [0.25, 0.3) is 0 Å². The molecule has 0 aliphatic heterocycles. The number of carbonyl (C=O) groups excluding carboxylic acids is 2. The Balaban J connectivity index is 1.89. The zero-order chi connectivity index (χ0) is 19.6. The number of carbonyl (C=O) groups is 2. The maximum absolute atomic E-state index is 12.1. The zero-order valence-electron chi connectivity index (χ0n) is 14.7. The van der Waals surface area contributed by atoms with Gasteiger partial charge in [-0.25, -0.2) is 4.79 Å². The van der Waals surface area contributed by atoms with E-state index in [0.717, 1.165) is 6.42 Å². The Morgan fingerprint density at radius 1 is 1.07 bits per heavy atom. The fourth-order valence-electron chi connectivity index (χ4n) is 2.08. The summed E-state index contributed by atoms with van der Waals surface area (Å²) in [5, 5.41) is 2.66. The smallest absolute Gasteiger partial charge is 0.387 e. The third-order valence-electron chi connectivity index (χ3n) is 3.36. The van der Waals surface area contributed by atoms with Crippen LogP contribution in [0, 0.1) is 0 Å². The molecule has 0 radical (unpaired) electrons. The van der Waals surface area contributed by atoms with Crippen molar-refractivity contribution in [3.8, 4) is 5.75 Å². The van der Waals surface area contributed by atoms with Gasteiger partial charge in [0.1, 0.15) is 5.75 Å². The molecule has 0 fully saturated rings. The summed E-state index contributed by atoms with van der Waals surface area (Å²) < 4.78 is 33.5. The highest BCUT2D eigenvalue weighted by Gasteiger charge is 2.07. The van der Waals surface area contributed by atoms with Gasteiger partial charge >= 0.3 is 12.6 Å². The molecule has 0 aliphatic rings. The first-order valence-electron chi connectivity index (χ1n) is 8.29. The van der Waals surface area contributed by atoms with Crippen molar-refractivity contribution in [1.29, 1.82) is 0 Å². The minimum Gasteiger partial charge on any atom is -0.462 e. The molecule has 5 nitrogen and oxygen atoms in total. The molecule has 1 amide bonds. The maximum Gasteiger partial charge on any atom is 0.387 e. The van der Waals surface area contributed by atoms with Crippen LogP contribution in [0.5, 0.6) is 5.75 Å². The van der Waals surface area contributed by atoms with E-state index in [9.17, 15) is 18.4 Å². The van der Waals surface area contributed by atoms with Gasteiger partial charge in [-0.1, -0.05) is 19.1 Å². The van der Waals surface area contributed by atoms with Crippen LogP contribution in [0.3, 0.4) is 0 Å². The summed E-state index contributed by atoms with van der Waals surface area (Å²) in [6, 6.07) is 12.2. The van der Waals surface area contributed by atoms with Crippen LogP contribution in [-0.2, 0) is 9.53 Å². The summed E-state index contributed by atoms with van der Waals surface area (Å²) in [7, 11) is 0. The second-order valence-electron chi connectivity index (χ2n) is 5.48. The average molecular weight is 375 g/mol. The molecule has 0 spiro atoms. The van der Waals surface area contributed by atoms with E-state index in [1.807, 2.05) is 6.92 Å². The van der Waals surface area contributed by atoms with Crippen LogP contribution in [-0.4, -0.2) is 25.1 Å². The van der Waals surface area contributed by atoms with Crippen LogP contribution in [0.15, 0.2) is 54.6 Å². The largest absolute Gasteiger partial charge is 0.462 e. The zero-order valence-corrected chi connectivity index (χ0v) is 14.7. The normalized spacial score (nSPS) is 10.8. The molecule has 2 rings (SSSR count). The van der Waals surface area contributed by atoms with Crippen molar-refractivity contribution < 1.29 is 27.8 Å². The molecule has 0 atom stereocenters. The fourth-order valence-corrected chi connectivity index (χ4v) is 2.08. The number of anilines is 1. The molecule has 0 unspecified atom stereocenters. The van der Waals surface area contributed by atoms with Crippen molar-refractivity contribution in [2.45, 2.75) is 20.0 Å². The van der Waals surface area contributed by atoms with Crippen LogP contribution >= 0.6 is 0 Å². The Hall–Kier alpha value is -3.22. The van der Waals surface area contributed by atoms with E-state index >= 15 is 0 Å². The van der Waals surface area contributed by atoms with Crippen LogP contribution < -0.4 is 10.1 Å². The van der Waals surface area contributed by atoms with E-state index in [0.29, 0.717) is 23.4 Å². The van der Waals surface area contributed by atoms with E-state index in [4.69, 9.17) is 4.74 Å². The van der Waals surface area contributed by atoms with Crippen molar-refractivity contribution in [2.75, 3.05) is 11.9 Å². The molecule has 0 saturated carbocycles. The number of ether oxygens (including phenoxy) is 2. The van der Waals surface area contributed by atoms with E-state index in [1.165, 1.54) is 24.3 Å². The summed E-state index contributed by atoms with van der Waals surface area (Å²) in [5.74, 6) is -0.734. The lowest BCUT2D eigenvalue weighted by Gasteiger charge is -2.05. The summed E-state index contributed by atoms with van der Waals surface area (Å²) in [6.07, 6.45) is 3.60. The lowest BCUT2D eigenvalue weighted by molar-refractivity contribution is -0.111. The van der Waals surface area contributed by atoms with Gasteiger partial charge in [-0.05, 0) is 54.5 Å². The van der Waals surface area contributed by atoms with Gasteiger partial charge < -0.3 is 14.8 Å². The minimum atomic E-state index is -2.88. The molecular formula is C20H19F2NO4. The van der Waals surface area contributed by atoms with Crippen molar-refractivity contribution in [2.24, 2.45) is 0 Å². The number of alkyl halides is 2. The molecule has 0 bridgehead atoms. The van der Waals surface area contributed by atoms with E-state index in [1.54, 1.807) is 36.4 Å². The summed E-state index contributed by atoms with van der Waals surface area (Å²) in [6.45, 7) is -0.612. The number of hydrogen-bond acceptors (Lipinski definition) is 4. The van der Waals surface area contributed by atoms with E-state index < -0.39 is 12.6 Å². The van der Waals surface area contributed by atoms with E-state index in [2.05, 4.69) is 10.1 Å². The maximum atomic E-state index is 12.1. The van der Waals surface area contributed by atoms with Crippen molar-refractivity contribution in [1.82, 2.24) is 0 Å². The van der Waals surface area contributed by atoms with Gasteiger partial charge in [0.2, 0.25) is 5.91 Å². The number of halogens is 2. The van der Waals surface area contributed by atoms with Crippen LogP contribution in [0.4, 0.5) is 14.5 Å². The fraction of sp³-hybridized carbons (Fsp3) is 0.200. The van der Waals surface area contributed by atoms with Gasteiger partial charge in [-0.15, -0.1) is 0 Å². The third-order valence-corrected chi connectivity index (χ3v) is 3.36. The predicted molar refractivity (Wildman–Crippen MR) is 97.8 cm³/mol. The molecule has 2 aromatic carbocycles. The molecule has 0 aromatic heterocycles. The second kappa shape index (κ2) is 10.1. The Morgan fingerprint density at radius 2 is 1.74 bits per heavy atom. The highest BCUT2D eigenvalue weighted by atomic mass is 19.3. The van der Waals surface area contributed by atoms with Gasteiger partial charge in [0.15, 0.2) is 0 Å². The molecule has 1 N–H and O–H groups in total. The molecule has 2 aromatic rings. The number of amides is 1. The van der Waals surface area contributed by atoms with Gasteiger partial charge in [-0.2, -0.15) is 8.78 Å². The van der Waals surface area contributed by atoms with Crippen molar-refractivity contribution >= 4 is 23.6 Å².